The van der Waals surface area contributed by atoms with Gasteiger partial charge in [-0.05, 0) is 48.9 Å². The average Bonchev–Trinajstić information content (AvgIpc) is 3.01. The molecule has 1 fully saturated rings. The number of hydrogen-bond acceptors (Lipinski definition) is 2. The highest BCUT2D eigenvalue weighted by molar-refractivity contribution is 9.10. The zero-order valence-electron chi connectivity index (χ0n) is 10.5. The zero-order chi connectivity index (χ0) is 13.2. The van der Waals surface area contributed by atoms with Crippen LogP contribution in [0.2, 0.25) is 0 Å². The van der Waals surface area contributed by atoms with E-state index in [4.69, 9.17) is 4.74 Å². The summed E-state index contributed by atoms with van der Waals surface area (Å²) in [6.07, 6.45) is 6.60. The fraction of sp³-hybridized carbons (Fsp3) is 0.400. The number of carbonyl (C=O) groups is 1. The third-order valence-corrected chi connectivity index (χ3v) is 4.46. The lowest BCUT2D eigenvalue weighted by Crippen LogP contribution is -2.21. The van der Waals surface area contributed by atoms with Crippen LogP contribution in [-0.2, 0) is 4.74 Å². The van der Waals surface area contributed by atoms with Crippen molar-refractivity contribution in [2.75, 3.05) is 11.9 Å². The zero-order valence-corrected chi connectivity index (χ0v) is 12.1. The maximum atomic E-state index is 11.7. The standard InChI is InChI=1S/C15H16BrNO2/c16-13-3-5-14(6-4-13)17-15(18)19-9-12-8-10-1-2-11(12)7-10/h1-6,10-12H,7-9H2,(H,17,18)/t10-,11+,12-/m1/s1. The van der Waals surface area contributed by atoms with Crippen LogP contribution in [0.25, 0.3) is 0 Å². The van der Waals surface area contributed by atoms with Crippen molar-refractivity contribution in [3.63, 3.8) is 0 Å². The summed E-state index contributed by atoms with van der Waals surface area (Å²) in [4.78, 5) is 11.7. The van der Waals surface area contributed by atoms with Crippen LogP contribution in [-0.4, -0.2) is 12.7 Å². The van der Waals surface area contributed by atoms with Gasteiger partial charge in [-0.1, -0.05) is 28.1 Å². The van der Waals surface area contributed by atoms with E-state index in [0.29, 0.717) is 24.4 Å². The number of amides is 1. The van der Waals surface area contributed by atoms with Crippen molar-refractivity contribution in [1.29, 1.82) is 0 Å². The highest BCUT2D eigenvalue weighted by Gasteiger charge is 2.36. The Morgan fingerprint density at radius 1 is 1.26 bits per heavy atom. The number of halogens is 1. The fourth-order valence-corrected chi connectivity index (χ4v) is 3.22. The molecule has 0 spiro atoms. The van der Waals surface area contributed by atoms with E-state index in [1.54, 1.807) is 0 Å². The molecule has 0 saturated heterocycles. The van der Waals surface area contributed by atoms with E-state index in [2.05, 4.69) is 33.4 Å². The molecule has 2 bridgehead atoms. The van der Waals surface area contributed by atoms with E-state index >= 15 is 0 Å². The number of allylic oxidation sites excluding steroid dienone is 2. The lowest BCUT2D eigenvalue weighted by molar-refractivity contribution is 0.134. The third kappa shape index (κ3) is 3.00. The molecule has 3 atom stereocenters. The number of ether oxygens (including phenoxy) is 1. The SMILES string of the molecule is O=C(Nc1ccc(Br)cc1)OC[C@H]1C[C@@H]2C=C[C@H]1C2. The Kier molecular flexibility index (Phi) is 3.60. The molecule has 3 nitrogen and oxygen atoms in total. The van der Waals surface area contributed by atoms with Gasteiger partial charge in [0.25, 0.3) is 0 Å². The normalized spacial score (nSPS) is 27.5. The van der Waals surface area contributed by atoms with Gasteiger partial charge in [0.2, 0.25) is 0 Å². The van der Waals surface area contributed by atoms with Gasteiger partial charge in [-0.25, -0.2) is 4.79 Å². The second-order valence-corrected chi connectivity index (χ2v) is 6.19. The van der Waals surface area contributed by atoms with Gasteiger partial charge in [-0.15, -0.1) is 0 Å². The van der Waals surface area contributed by atoms with Crippen LogP contribution in [0.1, 0.15) is 12.8 Å². The molecule has 1 amide bonds. The van der Waals surface area contributed by atoms with E-state index in [9.17, 15) is 4.79 Å². The van der Waals surface area contributed by atoms with Gasteiger partial charge in [0.15, 0.2) is 0 Å². The summed E-state index contributed by atoms with van der Waals surface area (Å²) < 4.78 is 6.30. The molecule has 100 valence electrons. The maximum Gasteiger partial charge on any atom is 0.411 e. The smallest absolute Gasteiger partial charge is 0.411 e. The Hall–Kier alpha value is -1.29. The summed E-state index contributed by atoms with van der Waals surface area (Å²) in [6.45, 7) is 0.522. The average molecular weight is 322 g/mol. The Morgan fingerprint density at radius 3 is 2.68 bits per heavy atom. The maximum absolute atomic E-state index is 11.7. The number of carbonyl (C=O) groups excluding carboxylic acids is 1. The minimum Gasteiger partial charge on any atom is -0.449 e. The number of nitrogens with one attached hydrogen (secondary N) is 1. The second-order valence-electron chi connectivity index (χ2n) is 5.27. The number of hydrogen-bond donors (Lipinski definition) is 1. The van der Waals surface area contributed by atoms with Crippen molar-refractivity contribution in [3.05, 3.63) is 40.9 Å². The topological polar surface area (TPSA) is 38.3 Å². The molecule has 0 aliphatic heterocycles. The molecule has 0 heterocycles. The van der Waals surface area contributed by atoms with E-state index in [0.717, 1.165) is 16.6 Å². The minimum absolute atomic E-state index is 0.367. The Bertz CT molecular complexity index is 497. The molecule has 2 aliphatic carbocycles. The van der Waals surface area contributed by atoms with E-state index in [1.165, 1.54) is 6.42 Å². The number of rotatable bonds is 3. The Labute approximate surface area is 121 Å². The van der Waals surface area contributed by atoms with Gasteiger partial charge in [0.1, 0.15) is 0 Å². The van der Waals surface area contributed by atoms with Gasteiger partial charge in [0.05, 0.1) is 6.61 Å². The molecule has 0 aromatic heterocycles. The minimum atomic E-state index is -0.367. The van der Waals surface area contributed by atoms with Crippen LogP contribution in [0, 0.1) is 17.8 Å². The first-order valence-corrected chi connectivity index (χ1v) is 7.37. The van der Waals surface area contributed by atoms with Gasteiger partial charge in [0, 0.05) is 16.1 Å². The summed E-state index contributed by atoms with van der Waals surface area (Å²) in [7, 11) is 0. The molecule has 0 unspecified atom stereocenters. The van der Waals surface area contributed by atoms with Crippen molar-refractivity contribution in [2.45, 2.75) is 12.8 Å². The molecular weight excluding hydrogens is 306 g/mol. The van der Waals surface area contributed by atoms with E-state index < -0.39 is 0 Å². The Morgan fingerprint density at radius 2 is 2.05 bits per heavy atom. The van der Waals surface area contributed by atoms with E-state index in [-0.39, 0.29) is 6.09 Å². The largest absolute Gasteiger partial charge is 0.449 e. The molecule has 1 aromatic carbocycles. The predicted octanol–water partition coefficient (Wildman–Crippen LogP) is 4.21. The van der Waals surface area contributed by atoms with E-state index in [1.807, 2.05) is 24.3 Å². The fourth-order valence-electron chi connectivity index (χ4n) is 2.96. The predicted molar refractivity (Wildman–Crippen MR) is 78.0 cm³/mol. The highest BCUT2D eigenvalue weighted by Crippen LogP contribution is 2.43. The molecule has 19 heavy (non-hydrogen) atoms. The summed E-state index contributed by atoms with van der Waals surface area (Å²) >= 11 is 3.36. The molecule has 1 aromatic rings. The molecule has 1 N–H and O–H groups in total. The van der Waals surface area contributed by atoms with Gasteiger partial charge in [-0.3, -0.25) is 5.32 Å². The monoisotopic (exact) mass is 321 g/mol. The molecular formula is C15H16BrNO2. The quantitative estimate of drug-likeness (QED) is 0.847. The summed E-state index contributed by atoms with van der Waals surface area (Å²) in [5.74, 6) is 1.84. The number of anilines is 1. The second kappa shape index (κ2) is 5.37. The summed E-state index contributed by atoms with van der Waals surface area (Å²) in [6, 6.07) is 7.45. The van der Waals surface area contributed by atoms with Gasteiger partial charge in [-0.2, -0.15) is 0 Å². The van der Waals surface area contributed by atoms with Gasteiger partial charge >= 0.3 is 6.09 Å². The first-order chi connectivity index (χ1) is 9.20. The van der Waals surface area contributed by atoms with Crippen LogP contribution in [0.15, 0.2) is 40.9 Å². The third-order valence-electron chi connectivity index (χ3n) is 3.94. The van der Waals surface area contributed by atoms with Crippen LogP contribution in [0.5, 0.6) is 0 Å². The summed E-state index contributed by atoms with van der Waals surface area (Å²) in [5, 5.41) is 2.74. The van der Waals surface area contributed by atoms with Crippen molar-refractivity contribution in [1.82, 2.24) is 0 Å². The summed E-state index contributed by atoms with van der Waals surface area (Å²) in [5.41, 5.74) is 0.751. The number of fused-ring (bicyclic) bond motifs is 2. The van der Waals surface area contributed by atoms with Crippen LogP contribution >= 0.6 is 15.9 Å². The lowest BCUT2D eigenvalue weighted by atomic mass is 9.95. The molecule has 0 radical (unpaired) electrons. The number of benzene rings is 1. The van der Waals surface area contributed by atoms with Crippen LogP contribution in [0.3, 0.4) is 0 Å². The molecule has 3 rings (SSSR count). The van der Waals surface area contributed by atoms with Crippen LogP contribution in [0.4, 0.5) is 10.5 Å². The van der Waals surface area contributed by atoms with Crippen molar-refractivity contribution in [3.8, 4) is 0 Å². The van der Waals surface area contributed by atoms with Crippen LogP contribution < -0.4 is 5.32 Å². The first-order valence-electron chi connectivity index (χ1n) is 6.58. The molecule has 1 saturated carbocycles. The van der Waals surface area contributed by atoms with Crippen molar-refractivity contribution < 1.29 is 9.53 Å². The highest BCUT2D eigenvalue weighted by atomic mass is 79.9. The molecule has 2 aliphatic rings. The molecule has 4 heteroatoms. The lowest BCUT2D eigenvalue weighted by Gasteiger charge is -2.17. The van der Waals surface area contributed by atoms with Gasteiger partial charge < -0.3 is 4.74 Å². The van der Waals surface area contributed by atoms with Crippen molar-refractivity contribution in [2.24, 2.45) is 17.8 Å². The van der Waals surface area contributed by atoms with Crippen molar-refractivity contribution >= 4 is 27.7 Å². The first kappa shape index (κ1) is 12.7. The Balaban J connectivity index is 1.47.